The van der Waals surface area contributed by atoms with E-state index in [1.54, 1.807) is 0 Å². The normalized spacial score (nSPS) is 46.1. The number of nitrogens with zero attached hydrogens (tertiary/aromatic N) is 1. The lowest BCUT2D eigenvalue weighted by Crippen LogP contribution is -2.52. The summed E-state index contributed by atoms with van der Waals surface area (Å²) in [6.45, 7) is 5.79. The highest BCUT2D eigenvalue weighted by Gasteiger charge is 2.87. The summed E-state index contributed by atoms with van der Waals surface area (Å²) in [6.07, 6.45) is 9.34. The summed E-state index contributed by atoms with van der Waals surface area (Å²) in [5, 5.41) is 11.4. The second kappa shape index (κ2) is 6.76. The number of Topliss-reactive ketones (excluding diaryl/α,β-unsaturated/α-hetero) is 1. The molecule has 5 rings (SSSR count). The van der Waals surface area contributed by atoms with Crippen molar-refractivity contribution in [2.75, 3.05) is 13.2 Å². The zero-order chi connectivity index (χ0) is 21.3. The number of ether oxygens (including phenoxy) is 2. The molecule has 7 nitrogen and oxygen atoms in total. The van der Waals surface area contributed by atoms with Gasteiger partial charge in [0, 0.05) is 12.5 Å². The zero-order valence-electron chi connectivity index (χ0n) is 17.3. The fraction of sp³-hybridized carbons (Fsp3) is 0.696. The second-order valence-corrected chi connectivity index (χ2v) is 9.48. The number of carbonyl (C=O) groups excluding carboxylic acids is 3. The minimum Gasteiger partial charge on any atom is -0.461 e. The van der Waals surface area contributed by atoms with E-state index in [0.29, 0.717) is 5.92 Å². The Bertz CT molecular complexity index is 838. The van der Waals surface area contributed by atoms with Crippen LogP contribution in [0.15, 0.2) is 24.8 Å². The minimum atomic E-state index is -1.81. The first-order valence-corrected chi connectivity index (χ1v) is 11.1. The van der Waals surface area contributed by atoms with Crippen LogP contribution < -0.4 is 0 Å². The van der Waals surface area contributed by atoms with Gasteiger partial charge in [-0.05, 0) is 37.0 Å². The van der Waals surface area contributed by atoms with Crippen LogP contribution >= 0.6 is 0 Å². The maximum atomic E-state index is 13.8. The van der Waals surface area contributed by atoms with Crippen LogP contribution in [-0.2, 0) is 23.9 Å². The highest BCUT2D eigenvalue weighted by atomic mass is 16.7. The van der Waals surface area contributed by atoms with Crippen molar-refractivity contribution in [2.45, 2.75) is 56.5 Å². The van der Waals surface area contributed by atoms with E-state index >= 15 is 0 Å². The van der Waals surface area contributed by atoms with Gasteiger partial charge in [0.05, 0.1) is 0 Å². The van der Waals surface area contributed by atoms with Gasteiger partial charge < -0.3 is 19.5 Å². The fourth-order valence-corrected chi connectivity index (χ4v) is 6.53. The molecule has 0 bridgehead atoms. The van der Waals surface area contributed by atoms with Crippen molar-refractivity contribution in [3.63, 3.8) is 0 Å². The number of hydrogen-bond acceptors (Lipinski definition) is 6. The number of esters is 1. The molecule has 7 heteroatoms. The molecule has 3 heterocycles. The summed E-state index contributed by atoms with van der Waals surface area (Å²) in [7, 11) is 0. The number of carbonyl (C=O) groups is 3. The van der Waals surface area contributed by atoms with E-state index in [-0.39, 0.29) is 43.1 Å². The Labute approximate surface area is 176 Å². The van der Waals surface area contributed by atoms with Gasteiger partial charge in [-0.1, -0.05) is 44.6 Å². The fourth-order valence-electron chi connectivity index (χ4n) is 6.53. The molecule has 1 N–H and O–H groups in total. The molecule has 0 aromatic heterocycles. The van der Waals surface area contributed by atoms with Crippen LogP contribution in [0.4, 0.5) is 0 Å². The van der Waals surface area contributed by atoms with Crippen molar-refractivity contribution < 1.29 is 29.0 Å². The molecule has 2 aliphatic carbocycles. The second-order valence-electron chi connectivity index (χ2n) is 9.48. The Morgan fingerprint density at radius 1 is 1.33 bits per heavy atom. The van der Waals surface area contributed by atoms with Crippen LogP contribution in [-0.4, -0.2) is 58.2 Å². The van der Waals surface area contributed by atoms with E-state index < -0.39 is 35.2 Å². The Kier molecular flexibility index (Phi) is 4.49. The first-order chi connectivity index (χ1) is 14.4. The van der Waals surface area contributed by atoms with Crippen LogP contribution in [0.1, 0.15) is 39.0 Å². The number of epoxide rings is 1. The quantitative estimate of drug-likeness (QED) is 0.317. The molecule has 0 aromatic carbocycles. The van der Waals surface area contributed by atoms with Crippen LogP contribution in [0.2, 0.25) is 0 Å². The molecule has 4 fully saturated rings. The molecule has 1 amide bonds. The molecule has 2 unspecified atom stereocenters. The standard InChI is InChI=1S/C23H29NO6/c1-3-12-29-19(26)16-10-11-24-21(27)22(20(30-22)23(16,24)28)18(25)17-13(2)8-9-14-6-4-5-7-15(14)17/h3,8-9,13-17,20,28H,1,4-7,10-12H2,2H3/t13-,14+,15-,16-,17?,20-,22?,23+/m0/s1. The van der Waals surface area contributed by atoms with Gasteiger partial charge in [-0.2, -0.15) is 0 Å². The Balaban J connectivity index is 1.44. The highest BCUT2D eigenvalue weighted by molar-refractivity contribution is 6.16. The van der Waals surface area contributed by atoms with Crippen LogP contribution in [0.5, 0.6) is 0 Å². The summed E-state index contributed by atoms with van der Waals surface area (Å²) < 4.78 is 10.9. The molecule has 1 saturated carbocycles. The average molecular weight is 415 g/mol. The summed E-state index contributed by atoms with van der Waals surface area (Å²) in [5.74, 6) is -1.94. The van der Waals surface area contributed by atoms with Crippen molar-refractivity contribution in [3.8, 4) is 0 Å². The number of allylic oxidation sites excluding steroid dienone is 2. The molecule has 30 heavy (non-hydrogen) atoms. The SMILES string of the molecule is C=CCOC(=O)[C@@H]1CCN2C(=O)C3(C(=O)C4[C@H]5CCCC[C@@H]5C=C[C@@H]4C)O[C@@H]3[C@]12O. The van der Waals surface area contributed by atoms with Crippen molar-refractivity contribution >= 4 is 17.7 Å². The average Bonchev–Trinajstić information content (AvgIpc) is 3.37. The van der Waals surface area contributed by atoms with Crippen LogP contribution in [0.3, 0.4) is 0 Å². The number of morpholine rings is 1. The summed E-state index contributed by atoms with van der Waals surface area (Å²) in [5.41, 5.74) is -3.46. The van der Waals surface area contributed by atoms with Crippen molar-refractivity contribution in [2.24, 2.45) is 29.6 Å². The van der Waals surface area contributed by atoms with E-state index in [0.717, 1.165) is 25.7 Å². The van der Waals surface area contributed by atoms with Gasteiger partial charge in [0.1, 0.15) is 12.5 Å². The third-order valence-electron chi connectivity index (χ3n) is 8.01. The third-order valence-corrected chi connectivity index (χ3v) is 8.01. The molecule has 8 atom stereocenters. The lowest BCUT2D eigenvalue weighted by molar-refractivity contribution is -0.177. The number of ketones is 1. The molecule has 0 aromatic rings. The van der Waals surface area contributed by atoms with Gasteiger partial charge >= 0.3 is 5.97 Å². The highest BCUT2D eigenvalue weighted by Crippen LogP contribution is 2.61. The van der Waals surface area contributed by atoms with E-state index in [9.17, 15) is 19.5 Å². The molecular weight excluding hydrogens is 386 g/mol. The van der Waals surface area contributed by atoms with Crippen molar-refractivity contribution in [1.29, 1.82) is 0 Å². The van der Waals surface area contributed by atoms with Gasteiger partial charge in [0.15, 0.2) is 17.6 Å². The number of fused-ring (bicyclic) bond motifs is 4. The topological polar surface area (TPSA) is 96.4 Å². The smallest absolute Gasteiger partial charge is 0.314 e. The predicted molar refractivity (Wildman–Crippen MR) is 106 cm³/mol. The van der Waals surface area contributed by atoms with Crippen molar-refractivity contribution in [3.05, 3.63) is 24.8 Å². The molecule has 0 spiro atoms. The largest absolute Gasteiger partial charge is 0.461 e. The number of rotatable bonds is 5. The first kappa shape index (κ1) is 19.9. The monoisotopic (exact) mass is 415 g/mol. The van der Waals surface area contributed by atoms with Gasteiger partial charge in [-0.15, -0.1) is 0 Å². The minimum absolute atomic E-state index is 0.0160. The van der Waals surface area contributed by atoms with Crippen LogP contribution in [0.25, 0.3) is 0 Å². The molecular formula is C23H29NO6. The van der Waals surface area contributed by atoms with E-state index in [1.165, 1.54) is 11.0 Å². The van der Waals surface area contributed by atoms with Gasteiger partial charge in [-0.3, -0.25) is 14.4 Å². The van der Waals surface area contributed by atoms with E-state index in [2.05, 4.69) is 18.7 Å². The maximum absolute atomic E-state index is 13.8. The summed E-state index contributed by atoms with van der Waals surface area (Å²) >= 11 is 0. The lowest BCUT2D eigenvalue weighted by Gasteiger charge is -2.41. The van der Waals surface area contributed by atoms with E-state index in [1.807, 2.05) is 6.92 Å². The maximum Gasteiger partial charge on any atom is 0.314 e. The number of hydrogen-bond donors (Lipinski definition) is 1. The summed E-state index contributed by atoms with van der Waals surface area (Å²) in [4.78, 5) is 40.9. The van der Waals surface area contributed by atoms with Gasteiger partial charge in [-0.25, -0.2) is 0 Å². The van der Waals surface area contributed by atoms with Gasteiger partial charge in [0.25, 0.3) is 5.91 Å². The first-order valence-electron chi connectivity index (χ1n) is 11.1. The van der Waals surface area contributed by atoms with Crippen molar-refractivity contribution in [1.82, 2.24) is 4.90 Å². The lowest BCUT2D eigenvalue weighted by atomic mass is 9.62. The predicted octanol–water partition coefficient (Wildman–Crippen LogP) is 1.60. The Morgan fingerprint density at radius 3 is 2.87 bits per heavy atom. The Morgan fingerprint density at radius 2 is 2.10 bits per heavy atom. The molecule has 3 aliphatic heterocycles. The van der Waals surface area contributed by atoms with E-state index in [4.69, 9.17) is 9.47 Å². The molecule has 3 saturated heterocycles. The Hall–Kier alpha value is -1.99. The molecule has 5 aliphatic rings. The molecule has 162 valence electrons. The molecule has 0 radical (unpaired) electrons. The summed E-state index contributed by atoms with van der Waals surface area (Å²) in [6, 6.07) is 0. The third kappa shape index (κ3) is 2.42. The number of amides is 1. The number of aliphatic hydroxyl groups is 1. The zero-order valence-corrected chi connectivity index (χ0v) is 17.3. The van der Waals surface area contributed by atoms with Crippen LogP contribution in [0, 0.1) is 29.6 Å². The van der Waals surface area contributed by atoms with Gasteiger partial charge in [0.2, 0.25) is 5.60 Å².